The summed E-state index contributed by atoms with van der Waals surface area (Å²) in [5.74, 6) is 0.600. The molecule has 2 aromatic rings. The zero-order valence-corrected chi connectivity index (χ0v) is 13.5. The van der Waals surface area contributed by atoms with E-state index in [-0.39, 0.29) is 0 Å². The Hall–Kier alpha value is -1.33. The van der Waals surface area contributed by atoms with Crippen molar-refractivity contribution in [2.24, 2.45) is 0 Å². The standard InChI is InChI=1S/C15H19BrN2O2/c1-4-8-18-14(13(20-3)10-17-18)15(2,19)11-6-5-7-12(16)9-11/h5-7,9-10,19H,4,8H2,1-3H3. The van der Waals surface area contributed by atoms with Crippen molar-refractivity contribution in [3.63, 3.8) is 0 Å². The molecule has 0 saturated carbocycles. The fourth-order valence-electron chi connectivity index (χ4n) is 2.32. The minimum Gasteiger partial charge on any atom is -0.493 e. The van der Waals surface area contributed by atoms with Crippen molar-refractivity contribution in [1.82, 2.24) is 9.78 Å². The molecule has 1 unspecified atom stereocenters. The number of aromatic nitrogens is 2. The molecule has 0 aliphatic carbocycles. The van der Waals surface area contributed by atoms with Gasteiger partial charge in [-0.3, -0.25) is 4.68 Å². The van der Waals surface area contributed by atoms with Crippen LogP contribution >= 0.6 is 15.9 Å². The highest BCUT2D eigenvalue weighted by Gasteiger charge is 2.33. The lowest BCUT2D eigenvalue weighted by atomic mass is 9.92. The minimum atomic E-state index is -1.17. The van der Waals surface area contributed by atoms with Gasteiger partial charge in [-0.15, -0.1) is 0 Å². The minimum absolute atomic E-state index is 0.600. The second-order valence-corrected chi connectivity index (χ2v) is 5.78. The van der Waals surface area contributed by atoms with Gasteiger partial charge in [0.05, 0.1) is 13.3 Å². The van der Waals surface area contributed by atoms with Crippen LogP contribution in [0.15, 0.2) is 34.9 Å². The molecule has 1 aromatic heterocycles. The zero-order chi connectivity index (χ0) is 14.8. The Morgan fingerprint density at radius 2 is 2.20 bits per heavy atom. The molecule has 0 aliphatic rings. The Morgan fingerprint density at radius 3 is 2.80 bits per heavy atom. The highest BCUT2D eigenvalue weighted by atomic mass is 79.9. The van der Waals surface area contributed by atoms with E-state index < -0.39 is 5.60 Å². The third kappa shape index (κ3) is 2.74. The summed E-state index contributed by atoms with van der Waals surface area (Å²) < 4.78 is 8.09. The molecule has 1 atom stereocenters. The maximum Gasteiger partial charge on any atom is 0.163 e. The summed E-state index contributed by atoms with van der Waals surface area (Å²) in [6.07, 6.45) is 2.59. The number of nitrogens with zero attached hydrogens (tertiary/aromatic N) is 2. The predicted octanol–water partition coefficient (Wildman–Crippen LogP) is 3.32. The van der Waals surface area contributed by atoms with Gasteiger partial charge in [0.2, 0.25) is 0 Å². The van der Waals surface area contributed by atoms with E-state index in [0.717, 1.165) is 23.0 Å². The van der Waals surface area contributed by atoms with Crippen LogP contribution in [0.2, 0.25) is 0 Å². The van der Waals surface area contributed by atoms with Gasteiger partial charge in [0, 0.05) is 11.0 Å². The first-order chi connectivity index (χ1) is 9.50. The van der Waals surface area contributed by atoms with Crippen LogP contribution in [0.25, 0.3) is 0 Å². The van der Waals surface area contributed by atoms with Crippen LogP contribution in [0.3, 0.4) is 0 Å². The Labute approximate surface area is 127 Å². The first-order valence-corrected chi connectivity index (χ1v) is 7.38. The predicted molar refractivity (Wildman–Crippen MR) is 81.9 cm³/mol. The molecule has 0 radical (unpaired) electrons. The van der Waals surface area contributed by atoms with Gasteiger partial charge in [0.15, 0.2) is 5.75 Å². The fraction of sp³-hybridized carbons (Fsp3) is 0.400. The summed E-state index contributed by atoms with van der Waals surface area (Å²) in [6, 6.07) is 7.64. The maximum atomic E-state index is 11.0. The monoisotopic (exact) mass is 338 g/mol. The Bertz CT molecular complexity index is 593. The van der Waals surface area contributed by atoms with E-state index >= 15 is 0 Å². The molecule has 1 aromatic carbocycles. The van der Waals surface area contributed by atoms with E-state index in [1.807, 2.05) is 24.3 Å². The lowest BCUT2D eigenvalue weighted by molar-refractivity contribution is 0.0881. The molecular formula is C15H19BrN2O2. The fourth-order valence-corrected chi connectivity index (χ4v) is 2.72. The van der Waals surface area contributed by atoms with Gasteiger partial charge < -0.3 is 9.84 Å². The largest absolute Gasteiger partial charge is 0.493 e. The van der Waals surface area contributed by atoms with Gasteiger partial charge in [-0.1, -0.05) is 35.0 Å². The van der Waals surface area contributed by atoms with Crippen molar-refractivity contribution in [3.05, 3.63) is 46.2 Å². The second-order valence-electron chi connectivity index (χ2n) is 4.87. The van der Waals surface area contributed by atoms with Gasteiger partial charge in [-0.25, -0.2) is 0 Å². The third-order valence-corrected chi connectivity index (χ3v) is 3.80. The summed E-state index contributed by atoms with van der Waals surface area (Å²) in [5, 5.41) is 15.3. The third-order valence-electron chi connectivity index (χ3n) is 3.31. The van der Waals surface area contributed by atoms with Crippen molar-refractivity contribution in [2.75, 3.05) is 7.11 Å². The lowest BCUT2D eigenvalue weighted by Crippen LogP contribution is -2.27. The number of halogens is 1. The van der Waals surface area contributed by atoms with Gasteiger partial charge in [0.25, 0.3) is 0 Å². The van der Waals surface area contributed by atoms with Crippen molar-refractivity contribution in [1.29, 1.82) is 0 Å². The van der Waals surface area contributed by atoms with Crippen LogP contribution < -0.4 is 4.74 Å². The van der Waals surface area contributed by atoms with E-state index in [2.05, 4.69) is 28.0 Å². The molecule has 0 aliphatic heterocycles. The average molecular weight is 339 g/mol. The number of methoxy groups -OCH3 is 1. The topological polar surface area (TPSA) is 47.3 Å². The molecule has 20 heavy (non-hydrogen) atoms. The quantitative estimate of drug-likeness (QED) is 0.909. The molecule has 2 rings (SSSR count). The zero-order valence-electron chi connectivity index (χ0n) is 11.9. The van der Waals surface area contributed by atoms with Crippen LogP contribution in [0.5, 0.6) is 5.75 Å². The molecule has 0 fully saturated rings. The van der Waals surface area contributed by atoms with E-state index in [1.54, 1.807) is 24.9 Å². The smallest absolute Gasteiger partial charge is 0.163 e. The number of hydrogen-bond acceptors (Lipinski definition) is 3. The van der Waals surface area contributed by atoms with Crippen LogP contribution in [0.1, 0.15) is 31.5 Å². The number of aryl methyl sites for hydroxylation is 1. The van der Waals surface area contributed by atoms with Crippen molar-refractivity contribution >= 4 is 15.9 Å². The first-order valence-electron chi connectivity index (χ1n) is 6.59. The molecule has 0 saturated heterocycles. The second kappa shape index (κ2) is 5.97. The molecule has 108 valence electrons. The SMILES string of the molecule is CCCn1ncc(OC)c1C(C)(O)c1cccc(Br)c1. The van der Waals surface area contributed by atoms with E-state index in [9.17, 15) is 5.11 Å². The average Bonchev–Trinajstić information content (AvgIpc) is 2.83. The Morgan fingerprint density at radius 1 is 1.45 bits per heavy atom. The van der Waals surface area contributed by atoms with Crippen LogP contribution in [-0.2, 0) is 12.1 Å². The number of rotatable bonds is 5. The molecule has 1 N–H and O–H groups in total. The van der Waals surface area contributed by atoms with Crippen LogP contribution in [0.4, 0.5) is 0 Å². The van der Waals surface area contributed by atoms with Crippen LogP contribution in [-0.4, -0.2) is 22.0 Å². The molecular weight excluding hydrogens is 320 g/mol. The number of hydrogen-bond donors (Lipinski definition) is 1. The molecule has 0 bridgehead atoms. The molecule has 4 nitrogen and oxygen atoms in total. The van der Waals surface area contributed by atoms with Crippen molar-refractivity contribution < 1.29 is 9.84 Å². The summed E-state index contributed by atoms with van der Waals surface area (Å²) in [6.45, 7) is 4.58. The molecule has 5 heteroatoms. The normalized spacial score (nSPS) is 14.1. The lowest BCUT2D eigenvalue weighted by Gasteiger charge is -2.26. The van der Waals surface area contributed by atoms with Gasteiger partial charge in [0.1, 0.15) is 11.3 Å². The molecule has 0 amide bonds. The Kier molecular flexibility index (Phi) is 4.50. The summed E-state index contributed by atoms with van der Waals surface area (Å²) in [7, 11) is 1.59. The first kappa shape index (κ1) is 15.1. The van der Waals surface area contributed by atoms with E-state index in [4.69, 9.17) is 4.74 Å². The van der Waals surface area contributed by atoms with Gasteiger partial charge in [-0.2, -0.15) is 5.10 Å². The highest BCUT2D eigenvalue weighted by Crippen LogP contribution is 2.36. The van der Waals surface area contributed by atoms with Crippen molar-refractivity contribution in [2.45, 2.75) is 32.4 Å². The molecule has 0 spiro atoms. The van der Waals surface area contributed by atoms with Crippen molar-refractivity contribution in [3.8, 4) is 5.75 Å². The van der Waals surface area contributed by atoms with E-state index in [1.165, 1.54) is 0 Å². The number of benzene rings is 1. The van der Waals surface area contributed by atoms with Gasteiger partial charge in [-0.05, 0) is 31.0 Å². The number of ether oxygens (including phenoxy) is 1. The summed E-state index contributed by atoms with van der Waals surface area (Å²) in [4.78, 5) is 0. The van der Waals surface area contributed by atoms with E-state index in [0.29, 0.717) is 11.4 Å². The van der Waals surface area contributed by atoms with Gasteiger partial charge >= 0.3 is 0 Å². The molecule has 1 heterocycles. The summed E-state index contributed by atoms with van der Waals surface area (Å²) in [5.41, 5.74) is 0.309. The Balaban J connectivity index is 2.55. The highest BCUT2D eigenvalue weighted by molar-refractivity contribution is 9.10. The number of aliphatic hydroxyl groups is 1. The van der Waals surface area contributed by atoms with Crippen LogP contribution in [0, 0.1) is 0 Å². The maximum absolute atomic E-state index is 11.0. The summed E-state index contributed by atoms with van der Waals surface area (Å²) >= 11 is 3.44.